The molecule has 0 atom stereocenters. The molecular weight excluding hydrogens is 342 g/mol. The highest BCUT2D eigenvalue weighted by molar-refractivity contribution is 5.77. The zero-order valence-electron chi connectivity index (χ0n) is 15.6. The van der Waals surface area contributed by atoms with E-state index in [1.807, 2.05) is 54.9 Å². The molecule has 0 aliphatic rings. The number of nitrogens with zero attached hydrogens (tertiary/aromatic N) is 2. The molecule has 0 saturated carbocycles. The maximum atomic E-state index is 11.9. The fourth-order valence-corrected chi connectivity index (χ4v) is 2.72. The second-order valence-corrected chi connectivity index (χ2v) is 6.24. The molecule has 2 aromatic carbocycles. The first-order valence-electron chi connectivity index (χ1n) is 9.28. The molecule has 1 heterocycles. The maximum absolute atomic E-state index is 11.9. The molecule has 6 nitrogen and oxygen atoms in total. The molecule has 0 unspecified atom stereocenters. The molecule has 0 spiro atoms. The van der Waals surface area contributed by atoms with E-state index in [4.69, 9.17) is 9.47 Å². The third-order valence-corrected chi connectivity index (χ3v) is 4.09. The van der Waals surface area contributed by atoms with Crippen molar-refractivity contribution in [1.82, 2.24) is 14.9 Å². The van der Waals surface area contributed by atoms with Gasteiger partial charge in [-0.15, -0.1) is 0 Å². The summed E-state index contributed by atoms with van der Waals surface area (Å²) in [5, 5.41) is 2.88. The number of fused-ring (bicyclic) bond motifs is 1. The third-order valence-electron chi connectivity index (χ3n) is 4.09. The van der Waals surface area contributed by atoms with Crippen molar-refractivity contribution in [2.24, 2.45) is 0 Å². The van der Waals surface area contributed by atoms with Crippen LogP contribution < -0.4 is 14.8 Å². The van der Waals surface area contributed by atoms with Gasteiger partial charge in [0.1, 0.15) is 11.5 Å². The second kappa shape index (κ2) is 9.62. The minimum atomic E-state index is -0.128. The first-order chi connectivity index (χ1) is 13.3. The number of benzene rings is 2. The number of ether oxygens (including phenoxy) is 2. The molecule has 142 valence electrons. The van der Waals surface area contributed by atoms with Gasteiger partial charge >= 0.3 is 0 Å². The first-order valence-corrected chi connectivity index (χ1v) is 9.28. The van der Waals surface area contributed by atoms with Crippen LogP contribution in [-0.4, -0.2) is 35.2 Å². The van der Waals surface area contributed by atoms with Gasteiger partial charge in [0.25, 0.3) is 5.91 Å². The normalized spacial score (nSPS) is 10.7. The summed E-state index contributed by atoms with van der Waals surface area (Å²) in [6.07, 6.45) is 3.63. The maximum Gasteiger partial charge on any atom is 0.257 e. The fraction of sp³-hybridized carbons (Fsp3) is 0.333. The van der Waals surface area contributed by atoms with Crippen LogP contribution in [0.4, 0.5) is 0 Å². The molecule has 6 heteroatoms. The number of amides is 1. The minimum absolute atomic E-state index is 0.00314. The Morgan fingerprint density at radius 1 is 1.07 bits per heavy atom. The third kappa shape index (κ3) is 5.48. The Morgan fingerprint density at radius 3 is 2.59 bits per heavy atom. The van der Waals surface area contributed by atoms with Gasteiger partial charge < -0.3 is 19.4 Å². The number of carbonyl (C=O) groups excluding carboxylic acids is 1. The number of nitrogens with one attached hydrogen (secondary N) is 1. The molecule has 0 aliphatic carbocycles. The number of aryl methyl sites for hydroxylation is 1. The average molecular weight is 367 g/mol. The van der Waals surface area contributed by atoms with E-state index in [-0.39, 0.29) is 12.5 Å². The molecule has 0 aliphatic heterocycles. The molecule has 27 heavy (non-hydrogen) atoms. The van der Waals surface area contributed by atoms with Crippen LogP contribution in [0.15, 0.2) is 54.9 Å². The van der Waals surface area contributed by atoms with E-state index >= 15 is 0 Å². The van der Waals surface area contributed by atoms with E-state index in [9.17, 15) is 4.79 Å². The van der Waals surface area contributed by atoms with Gasteiger partial charge in [-0.1, -0.05) is 19.1 Å². The topological polar surface area (TPSA) is 65.4 Å². The van der Waals surface area contributed by atoms with Crippen molar-refractivity contribution in [1.29, 1.82) is 0 Å². The van der Waals surface area contributed by atoms with E-state index in [0.717, 1.165) is 36.2 Å². The smallest absolute Gasteiger partial charge is 0.257 e. The van der Waals surface area contributed by atoms with Crippen LogP contribution in [0.3, 0.4) is 0 Å². The molecule has 3 aromatic rings. The number of para-hydroxylation sites is 2. The highest BCUT2D eigenvalue weighted by Crippen LogP contribution is 2.17. The summed E-state index contributed by atoms with van der Waals surface area (Å²) >= 11 is 0. The monoisotopic (exact) mass is 367 g/mol. The predicted molar refractivity (Wildman–Crippen MR) is 105 cm³/mol. The van der Waals surface area contributed by atoms with Gasteiger partial charge in [0.15, 0.2) is 6.61 Å². The molecule has 0 radical (unpaired) electrons. The van der Waals surface area contributed by atoms with Crippen molar-refractivity contribution in [3.05, 3.63) is 54.9 Å². The van der Waals surface area contributed by atoms with E-state index in [2.05, 4.69) is 21.8 Å². The highest BCUT2D eigenvalue weighted by atomic mass is 16.5. The standard InChI is InChI=1S/C21H25N3O3/c1-2-14-26-17-8-10-18(11-9-17)27-15-21(25)22-12-5-13-24-16-23-19-6-3-4-7-20(19)24/h3-4,6-11,16H,2,5,12-15H2,1H3,(H,22,25). The van der Waals surface area contributed by atoms with Crippen LogP contribution in [0.25, 0.3) is 11.0 Å². The summed E-state index contributed by atoms with van der Waals surface area (Å²) in [6, 6.07) is 15.3. The zero-order valence-corrected chi connectivity index (χ0v) is 15.6. The van der Waals surface area contributed by atoms with Gasteiger partial charge in [-0.25, -0.2) is 4.98 Å². The number of hydrogen-bond donors (Lipinski definition) is 1. The Hall–Kier alpha value is -3.02. The Labute approximate surface area is 159 Å². The van der Waals surface area contributed by atoms with Crippen LogP contribution >= 0.6 is 0 Å². The van der Waals surface area contributed by atoms with Crippen LogP contribution in [-0.2, 0) is 11.3 Å². The van der Waals surface area contributed by atoms with Gasteiger partial charge in [0.2, 0.25) is 0 Å². The lowest BCUT2D eigenvalue weighted by Gasteiger charge is -2.09. The molecule has 0 bridgehead atoms. The Bertz CT molecular complexity index is 858. The van der Waals surface area contributed by atoms with Crippen molar-refractivity contribution in [3.8, 4) is 11.5 Å². The SMILES string of the molecule is CCCOc1ccc(OCC(=O)NCCCn2cnc3ccccc32)cc1. The van der Waals surface area contributed by atoms with E-state index in [0.29, 0.717) is 18.9 Å². The zero-order chi connectivity index (χ0) is 18.9. The summed E-state index contributed by atoms with van der Waals surface area (Å²) in [5.74, 6) is 1.33. The largest absolute Gasteiger partial charge is 0.494 e. The number of hydrogen-bond acceptors (Lipinski definition) is 4. The molecule has 1 aromatic heterocycles. The van der Waals surface area contributed by atoms with E-state index in [1.165, 1.54) is 0 Å². The number of aromatic nitrogens is 2. The van der Waals surface area contributed by atoms with Crippen molar-refractivity contribution < 1.29 is 14.3 Å². The summed E-state index contributed by atoms with van der Waals surface area (Å²) in [7, 11) is 0. The van der Waals surface area contributed by atoms with Crippen molar-refractivity contribution >= 4 is 16.9 Å². The molecule has 0 saturated heterocycles. The summed E-state index contributed by atoms with van der Waals surface area (Å²) in [4.78, 5) is 16.3. The first kappa shape index (κ1) is 18.8. The van der Waals surface area contributed by atoms with Gasteiger partial charge in [0.05, 0.1) is 24.0 Å². The lowest BCUT2D eigenvalue weighted by molar-refractivity contribution is -0.123. The Balaban J connectivity index is 1.35. The van der Waals surface area contributed by atoms with Gasteiger partial charge in [-0.2, -0.15) is 0 Å². The Morgan fingerprint density at radius 2 is 1.81 bits per heavy atom. The molecular formula is C21H25N3O3. The van der Waals surface area contributed by atoms with Crippen LogP contribution in [0.1, 0.15) is 19.8 Å². The summed E-state index contributed by atoms with van der Waals surface area (Å²) in [5.41, 5.74) is 2.10. The van der Waals surface area contributed by atoms with E-state index < -0.39 is 0 Å². The molecule has 1 amide bonds. The van der Waals surface area contributed by atoms with Crippen molar-refractivity contribution in [3.63, 3.8) is 0 Å². The van der Waals surface area contributed by atoms with Gasteiger partial charge in [0, 0.05) is 13.1 Å². The lowest BCUT2D eigenvalue weighted by atomic mass is 10.3. The van der Waals surface area contributed by atoms with Crippen LogP contribution in [0, 0.1) is 0 Å². The number of imidazole rings is 1. The quantitative estimate of drug-likeness (QED) is 0.558. The van der Waals surface area contributed by atoms with Crippen LogP contribution in [0.2, 0.25) is 0 Å². The van der Waals surface area contributed by atoms with Gasteiger partial charge in [-0.3, -0.25) is 4.79 Å². The second-order valence-electron chi connectivity index (χ2n) is 6.24. The summed E-state index contributed by atoms with van der Waals surface area (Å²) in [6.45, 7) is 4.16. The number of carbonyl (C=O) groups is 1. The van der Waals surface area contributed by atoms with Gasteiger partial charge in [-0.05, 0) is 49.2 Å². The molecule has 0 fully saturated rings. The highest BCUT2D eigenvalue weighted by Gasteiger charge is 2.04. The van der Waals surface area contributed by atoms with E-state index in [1.54, 1.807) is 0 Å². The summed E-state index contributed by atoms with van der Waals surface area (Å²) < 4.78 is 13.1. The van der Waals surface area contributed by atoms with Crippen LogP contribution in [0.5, 0.6) is 11.5 Å². The fourth-order valence-electron chi connectivity index (χ4n) is 2.72. The lowest BCUT2D eigenvalue weighted by Crippen LogP contribution is -2.30. The Kier molecular flexibility index (Phi) is 6.68. The molecule has 3 rings (SSSR count). The van der Waals surface area contributed by atoms with Crippen molar-refractivity contribution in [2.45, 2.75) is 26.3 Å². The predicted octanol–water partition coefficient (Wildman–Crippen LogP) is 3.41. The molecule has 1 N–H and O–H groups in total. The minimum Gasteiger partial charge on any atom is -0.494 e. The average Bonchev–Trinajstić information content (AvgIpc) is 3.12. The number of rotatable bonds is 10. The van der Waals surface area contributed by atoms with Crippen molar-refractivity contribution in [2.75, 3.05) is 19.8 Å².